The average molecular weight is 540 g/mol. The molecule has 37 heavy (non-hydrogen) atoms. The van der Waals surface area contributed by atoms with E-state index < -0.39 is 38.3 Å². The Balaban J connectivity index is 1.46. The topological polar surface area (TPSA) is 150 Å². The number of nitrogens with zero attached hydrogens (tertiary/aromatic N) is 3. The quantitative estimate of drug-likeness (QED) is 0.123. The van der Waals surface area contributed by atoms with Gasteiger partial charge in [-0.15, -0.1) is 0 Å². The predicted octanol–water partition coefficient (Wildman–Crippen LogP) is 5.61. The first-order chi connectivity index (χ1) is 17.6. The molecule has 1 fully saturated rings. The van der Waals surface area contributed by atoms with Crippen LogP contribution in [0, 0.1) is 20.2 Å². The zero-order chi connectivity index (χ0) is 26.7. The van der Waals surface area contributed by atoms with Crippen molar-refractivity contribution in [2.45, 2.75) is 6.54 Å². The third-order valence-corrected chi connectivity index (χ3v) is 6.24. The molecule has 0 radical (unpaired) electrons. The number of amides is 2. The second kappa shape index (κ2) is 10.6. The van der Waals surface area contributed by atoms with Crippen molar-refractivity contribution in [2.75, 3.05) is 0 Å². The maximum atomic E-state index is 12.7. The molecule has 11 nitrogen and oxygen atoms in total. The minimum atomic E-state index is -1.03. The number of esters is 1. The van der Waals surface area contributed by atoms with E-state index in [1.165, 1.54) is 30.3 Å². The number of hydrogen-bond acceptors (Lipinski definition) is 9. The summed E-state index contributed by atoms with van der Waals surface area (Å²) in [4.78, 5) is 59.2. The van der Waals surface area contributed by atoms with E-state index in [4.69, 9.17) is 16.3 Å². The number of benzene rings is 3. The number of non-ortho nitro benzene ring substituents is 2. The summed E-state index contributed by atoms with van der Waals surface area (Å²) in [6.45, 7) is 0.101. The summed E-state index contributed by atoms with van der Waals surface area (Å²) >= 11 is 6.66. The molecule has 2 amide bonds. The van der Waals surface area contributed by atoms with Gasteiger partial charge in [0.15, 0.2) is 0 Å². The van der Waals surface area contributed by atoms with Crippen LogP contribution in [0.5, 0.6) is 5.75 Å². The lowest BCUT2D eigenvalue weighted by Crippen LogP contribution is -2.27. The first kappa shape index (κ1) is 25.5. The first-order valence-corrected chi connectivity index (χ1v) is 11.6. The highest BCUT2D eigenvalue weighted by atomic mass is 35.5. The number of nitro benzene ring substituents is 2. The standard InChI is InChI=1S/C24H14ClN3O8S/c25-17-5-1-15(2-6-17)13-26-22(29)21(37-24(26)31)9-14-3-7-20(8-4-14)36-23(30)16-10-18(27(32)33)12-19(11-16)28(34)35/h1-12H,13H2/b21-9-. The number of imide groups is 1. The highest BCUT2D eigenvalue weighted by Crippen LogP contribution is 2.33. The molecule has 13 heteroatoms. The number of carbonyl (C=O) groups excluding carboxylic acids is 3. The van der Waals surface area contributed by atoms with Crippen molar-refractivity contribution in [3.05, 3.63) is 114 Å². The van der Waals surface area contributed by atoms with E-state index in [1.54, 1.807) is 24.3 Å². The van der Waals surface area contributed by atoms with E-state index in [0.717, 1.165) is 40.4 Å². The fourth-order valence-electron chi connectivity index (χ4n) is 3.28. The molecule has 1 aliphatic heterocycles. The van der Waals surface area contributed by atoms with Gasteiger partial charge in [-0.25, -0.2) is 4.79 Å². The van der Waals surface area contributed by atoms with Gasteiger partial charge in [-0.05, 0) is 53.2 Å². The van der Waals surface area contributed by atoms with Crippen LogP contribution in [0.25, 0.3) is 6.08 Å². The Morgan fingerprint density at radius 2 is 1.54 bits per heavy atom. The highest BCUT2D eigenvalue weighted by molar-refractivity contribution is 8.18. The molecule has 0 unspecified atom stereocenters. The number of hydrogen-bond donors (Lipinski definition) is 0. The lowest BCUT2D eigenvalue weighted by molar-refractivity contribution is -0.394. The maximum Gasteiger partial charge on any atom is 0.344 e. The fraction of sp³-hybridized carbons (Fsp3) is 0.0417. The summed E-state index contributed by atoms with van der Waals surface area (Å²) in [5.41, 5.74) is -0.321. The van der Waals surface area contributed by atoms with E-state index in [0.29, 0.717) is 10.6 Å². The molecule has 1 saturated heterocycles. The monoisotopic (exact) mass is 539 g/mol. The van der Waals surface area contributed by atoms with Gasteiger partial charge in [0.25, 0.3) is 22.5 Å². The van der Waals surface area contributed by atoms with Crippen LogP contribution in [0.15, 0.2) is 71.6 Å². The number of halogens is 1. The van der Waals surface area contributed by atoms with Crippen molar-refractivity contribution in [3.8, 4) is 5.75 Å². The smallest absolute Gasteiger partial charge is 0.344 e. The second-order valence-electron chi connectivity index (χ2n) is 7.61. The highest BCUT2D eigenvalue weighted by Gasteiger charge is 2.35. The molecule has 0 aromatic heterocycles. The zero-order valence-electron chi connectivity index (χ0n) is 18.5. The summed E-state index contributed by atoms with van der Waals surface area (Å²) in [5, 5.41) is 22.2. The molecule has 0 bridgehead atoms. The number of rotatable bonds is 7. The van der Waals surface area contributed by atoms with Crippen LogP contribution in [-0.2, 0) is 11.3 Å². The van der Waals surface area contributed by atoms with E-state index in [9.17, 15) is 34.6 Å². The van der Waals surface area contributed by atoms with Gasteiger partial charge in [0, 0.05) is 17.2 Å². The molecule has 1 heterocycles. The minimum absolute atomic E-state index is 0.0622. The molecule has 4 rings (SSSR count). The number of ether oxygens (including phenoxy) is 1. The Kier molecular flexibility index (Phi) is 7.32. The van der Waals surface area contributed by atoms with Crippen LogP contribution in [0.4, 0.5) is 16.2 Å². The van der Waals surface area contributed by atoms with Crippen molar-refractivity contribution in [3.63, 3.8) is 0 Å². The molecule has 0 N–H and O–H groups in total. The number of nitro groups is 2. The van der Waals surface area contributed by atoms with Crippen LogP contribution in [0.2, 0.25) is 5.02 Å². The van der Waals surface area contributed by atoms with E-state index >= 15 is 0 Å². The van der Waals surface area contributed by atoms with Crippen molar-refractivity contribution < 1.29 is 29.0 Å². The molecule has 0 saturated carbocycles. The molecular weight excluding hydrogens is 526 g/mol. The van der Waals surface area contributed by atoms with Gasteiger partial charge in [0.2, 0.25) is 0 Å². The molecular formula is C24H14ClN3O8S. The third-order valence-electron chi connectivity index (χ3n) is 5.08. The lowest BCUT2D eigenvalue weighted by atomic mass is 10.1. The van der Waals surface area contributed by atoms with Gasteiger partial charge in [-0.1, -0.05) is 35.9 Å². The molecule has 1 aliphatic rings. The second-order valence-corrected chi connectivity index (χ2v) is 9.03. The van der Waals surface area contributed by atoms with Crippen LogP contribution < -0.4 is 4.74 Å². The SMILES string of the molecule is O=C(Oc1ccc(/C=C2\SC(=O)N(Cc3ccc(Cl)cc3)C2=O)cc1)c1cc([N+](=O)[O-])cc([N+](=O)[O-])c1. The largest absolute Gasteiger partial charge is 0.423 e. The Hall–Kier alpha value is -4.55. The van der Waals surface area contributed by atoms with E-state index in [2.05, 4.69) is 0 Å². The Bertz CT molecular complexity index is 1440. The molecule has 3 aromatic carbocycles. The van der Waals surface area contributed by atoms with Gasteiger partial charge < -0.3 is 4.74 Å². The normalized spacial score (nSPS) is 14.2. The van der Waals surface area contributed by atoms with Crippen molar-refractivity contribution in [1.82, 2.24) is 4.90 Å². The van der Waals surface area contributed by atoms with Gasteiger partial charge in [0.05, 0.1) is 32.9 Å². The van der Waals surface area contributed by atoms with Crippen molar-refractivity contribution >= 4 is 57.9 Å². The zero-order valence-corrected chi connectivity index (χ0v) is 20.1. The van der Waals surface area contributed by atoms with Crippen LogP contribution in [0.1, 0.15) is 21.5 Å². The fourth-order valence-corrected chi connectivity index (χ4v) is 4.25. The Morgan fingerprint density at radius 1 is 0.946 bits per heavy atom. The number of thioether (sulfide) groups is 1. The van der Waals surface area contributed by atoms with Crippen LogP contribution in [-0.4, -0.2) is 31.9 Å². The summed E-state index contributed by atoms with van der Waals surface area (Å²) in [6, 6.07) is 15.2. The van der Waals surface area contributed by atoms with Gasteiger partial charge in [-0.2, -0.15) is 0 Å². The molecule has 186 valence electrons. The third kappa shape index (κ3) is 6.00. The minimum Gasteiger partial charge on any atom is -0.423 e. The summed E-state index contributed by atoms with van der Waals surface area (Å²) in [6.07, 6.45) is 1.52. The van der Waals surface area contributed by atoms with Gasteiger partial charge >= 0.3 is 5.97 Å². The van der Waals surface area contributed by atoms with Crippen LogP contribution in [0.3, 0.4) is 0 Å². The van der Waals surface area contributed by atoms with Gasteiger partial charge in [-0.3, -0.25) is 34.7 Å². The van der Waals surface area contributed by atoms with Crippen LogP contribution >= 0.6 is 23.4 Å². The van der Waals surface area contributed by atoms with E-state index in [1.807, 2.05) is 0 Å². The van der Waals surface area contributed by atoms with Gasteiger partial charge in [0.1, 0.15) is 5.75 Å². The predicted molar refractivity (Wildman–Crippen MR) is 134 cm³/mol. The summed E-state index contributed by atoms with van der Waals surface area (Å²) in [7, 11) is 0. The van der Waals surface area contributed by atoms with Crippen molar-refractivity contribution in [1.29, 1.82) is 0 Å². The molecule has 0 aliphatic carbocycles. The summed E-state index contributed by atoms with van der Waals surface area (Å²) < 4.78 is 5.18. The van der Waals surface area contributed by atoms with E-state index in [-0.39, 0.29) is 22.8 Å². The first-order valence-electron chi connectivity index (χ1n) is 10.4. The number of carbonyl (C=O) groups is 3. The van der Waals surface area contributed by atoms with Crippen molar-refractivity contribution in [2.24, 2.45) is 0 Å². The molecule has 3 aromatic rings. The lowest BCUT2D eigenvalue weighted by Gasteiger charge is -2.12. The average Bonchev–Trinajstić information content (AvgIpc) is 3.13. The Morgan fingerprint density at radius 3 is 2.11 bits per heavy atom. The molecule has 0 atom stereocenters. The Labute approximate surface area is 217 Å². The molecule has 0 spiro atoms. The summed E-state index contributed by atoms with van der Waals surface area (Å²) in [5.74, 6) is -1.41. The maximum absolute atomic E-state index is 12.7.